The van der Waals surface area contributed by atoms with Crippen LogP contribution in [-0.4, -0.2) is 84.4 Å². The van der Waals surface area contributed by atoms with Gasteiger partial charge in [0.05, 0.1) is 13.7 Å². The van der Waals surface area contributed by atoms with Crippen molar-refractivity contribution in [1.82, 2.24) is 9.80 Å². The van der Waals surface area contributed by atoms with Crippen LogP contribution in [0, 0.1) is 0 Å². The summed E-state index contributed by atoms with van der Waals surface area (Å²) in [5, 5.41) is 17.1. The molecule has 4 rings (SSSR count). The van der Waals surface area contributed by atoms with Crippen molar-refractivity contribution in [2.45, 2.75) is 13.5 Å². The molecule has 0 spiro atoms. The second-order valence-corrected chi connectivity index (χ2v) is 8.48. The highest BCUT2D eigenvalue weighted by Crippen LogP contribution is 2.28. The monoisotopic (exact) mass is 524 g/mol. The molecule has 1 fully saturated rings. The van der Waals surface area contributed by atoms with Crippen LogP contribution in [0.25, 0.3) is 10.8 Å². The van der Waals surface area contributed by atoms with Crippen LogP contribution in [0.1, 0.15) is 12.5 Å². The first-order chi connectivity index (χ1) is 18.3. The predicted molar refractivity (Wildman–Crippen MR) is 141 cm³/mol. The van der Waals surface area contributed by atoms with Gasteiger partial charge in [-0.25, -0.2) is 9.59 Å². The van der Waals surface area contributed by atoms with Gasteiger partial charge in [-0.3, -0.25) is 9.69 Å². The smallest absolute Gasteiger partial charge is 0.414 e. The number of carbonyl (C=O) groups excluding carboxylic acids is 1. The molecule has 0 bridgehead atoms. The number of carboxylic acids is 2. The molecule has 2 N–H and O–H groups in total. The Morgan fingerprint density at radius 2 is 1.50 bits per heavy atom. The molecule has 3 aromatic rings. The lowest BCUT2D eigenvalue weighted by atomic mass is 10.1. The fourth-order valence-electron chi connectivity index (χ4n) is 3.99. The Balaban J connectivity index is 0.000000599. The average Bonchev–Trinajstić information content (AvgIpc) is 2.92. The van der Waals surface area contributed by atoms with E-state index in [4.69, 9.17) is 34.0 Å². The molecule has 10 heteroatoms. The van der Waals surface area contributed by atoms with E-state index in [1.54, 1.807) is 7.11 Å². The van der Waals surface area contributed by atoms with Gasteiger partial charge in [0.1, 0.15) is 5.75 Å². The molecule has 0 radical (unpaired) electrons. The van der Waals surface area contributed by atoms with E-state index in [9.17, 15) is 4.79 Å². The van der Waals surface area contributed by atoms with Crippen LogP contribution in [0.3, 0.4) is 0 Å². The van der Waals surface area contributed by atoms with Crippen molar-refractivity contribution < 1.29 is 38.8 Å². The molecule has 0 unspecified atom stereocenters. The summed E-state index contributed by atoms with van der Waals surface area (Å²) in [5.41, 5.74) is 1.17. The topological polar surface area (TPSA) is 126 Å². The number of amides is 1. The Kier molecular flexibility index (Phi) is 10.3. The average molecular weight is 525 g/mol. The first-order valence-electron chi connectivity index (χ1n) is 12.2. The van der Waals surface area contributed by atoms with E-state index >= 15 is 0 Å². The number of hydrogen-bond acceptors (Lipinski definition) is 7. The van der Waals surface area contributed by atoms with E-state index in [0.717, 1.165) is 47.7 Å². The van der Waals surface area contributed by atoms with Gasteiger partial charge in [0, 0.05) is 32.7 Å². The van der Waals surface area contributed by atoms with Gasteiger partial charge in [-0.05, 0) is 47.5 Å². The van der Waals surface area contributed by atoms with Crippen LogP contribution >= 0.6 is 0 Å². The van der Waals surface area contributed by atoms with E-state index in [1.165, 1.54) is 5.56 Å². The Bertz CT molecular complexity index is 1240. The van der Waals surface area contributed by atoms with Gasteiger partial charge in [0.2, 0.25) is 0 Å². The number of fused-ring (bicyclic) bond motifs is 1. The van der Waals surface area contributed by atoms with E-state index in [2.05, 4.69) is 17.0 Å². The number of nitrogens with zero attached hydrogens (tertiary/aromatic N) is 2. The summed E-state index contributed by atoms with van der Waals surface area (Å²) >= 11 is 0. The van der Waals surface area contributed by atoms with Crippen LogP contribution in [-0.2, 0) is 20.9 Å². The Morgan fingerprint density at radius 3 is 2.13 bits per heavy atom. The van der Waals surface area contributed by atoms with Crippen LogP contribution in [0.5, 0.6) is 17.2 Å². The summed E-state index contributed by atoms with van der Waals surface area (Å²) < 4.78 is 16.8. The van der Waals surface area contributed by atoms with Crippen molar-refractivity contribution in [3.8, 4) is 17.2 Å². The third kappa shape index (κ3) is 8.10. The standard InChI is InChI=1S/C26H30N2O4.C2H2O4/c1-3-31-25-16-20(8-11-24(25)30-2)18-27-12-14-28(15-13-27)26(29)19-32-23-10-9-21-6-4-5-7-22(21)17-23;3-1(4)2(5)6/h4-11,16-17H,3,12-15,18-19H2,1-2H3;(H,3,4)(H,5,6). The maximum Gasteiger partial charge on any atom is 0.414 e. The second-order valence-electron chi connectivity index (χ2n) is 8.48. The van der Waals surface area contributed by atoms with Crippen molar-refractivity contribution in [3.63, 3.8) is 0 Å². The van der Waals surface area contributed by atoms with Gasteiger partial charge < -0.3 is 29.3 Å². The van der Waals surface area contributed by atoms with Crippen LogP contribution < -0.4 is 14.2 Å². The van der Waals surface area contributed by atoms with Gasteiger partial charge in [0.25, 0.3) is 5.91 Å². The number of aliphatic carboxylic acids is 2. The Morgan fingerprint density at radius 1 is 0.816 bits per heavy atom. The molecular weight excluding hydrogens is 492 g/mol. The van der Waals surface area contributed by atoms with E-state index in [0.29, 0.717) is 19.7 Å². The lowest BCUT2D eigenvalue weighted by molar-refractivity contribution is -0.159. The fourth-order valence-corrected chi connectivity index (χ4v) is 3.99. The molecule has 0 atom stereocenters. The van der Waals surface area contributed by atoms with Gasteiger partial charge >= 0.3 is 11.9 Å². The van der Waals surface area contributed by atoms with E-state index in [-0.39, 0.29) is 12.5 Å². The number of ether oxygens (including phenoxy) is 3. The van der Waals surface area contributed by atoms with Crippen molar-refractivity contribution in [2.24, 2.45) is 0 Å². The number of methoxy groups -OCH3 is 1. The minimum absolute atomic E-state index is 0.0286. The van der Waals surface area contributed by atoms with Gasteiger partial charge in [-0.1, -0.05) is 36.4 Å². The summed E-state index contributed by atoms with van der Waals surface area (Å²) in [7, 11) is 1.65. The van der Waals surface area contributed by atoms with Crippen molar-refractivity contribution >= 4 is 28.6 Å². The third-order valence-electron chi connectivity index (χ3n) is 5.93. The van der Waals surface area contributed by atoms with E-state index in [1.807, 2.05) is 60.4 Å². The molecule has 3 aromatic carbocycles. The summed E-state index contributed by atoms with van der Waals surface area (Å²) in [5.74, 6) is -1.38. The second kappa shape index (κ2) is 13.8. The number of piperazine rings is 1. The van der Waals surface area contributed by atoms with Gasteiger partial charge in [0.15, 0.2) is 18.1 Å². The van der Waals surface area contributed by atoms with Crippen molar-refractivity contribution in [1.29, 1.82) is 0 Å². The Hall–Kier alpha value is -4.31. The molecule has 1 aliphatic rings. The Labute approximate surface area is 220 Å². The van der Waals surface area contributed by atoms with Crippen molar-refractivity contribution in [3.05, 3.63) is 66.2 Å². The van der Waals surface area contributed by atoms with Crippen LogP contribution in [0.2, 0.25) is 0 Å². The quantitative estimate of drug-likeness (QED) is 0.428. The normalized spacial score (nSPS) is 13.3. The number of hydrogen-bond donors (Lipinski definition) is 2. The largest absolute Gasteiger partial charge is 0.493 e. The van der Waals surface area contributed by atoms with Gasteiger partial charge in [-0.15, -0.1) is 0 Å². The first kappa shape index (κ1) is 28.3. The zero-order valence-corrected chi connectivity index (χ0v) is 21.5. The molecule has 1 aliphatic heterocycles. The maximum absolute atomic E-state index is 12.6. The molecule has 1 heterocycles. The molecule has 0 saturated carbocycles. The number of rotatable bonds is 8. The third-order valence-corrected chi connectivity index (χ3v) is 5.93. The number of carbonyl (C=O) groups is 3. The summed E-state index contributed by atoms with van der Waals surface area (Å²) in [6.45, 7) is 6.51. The molecule has 0 aliphatic carbocycles. The molecule has 1 amide bonds. The fraction of sp³-hybridized carbons (Fsp3) is 0.321. The minimum atomic E-state index is -1.82. The summed E-state index contributed by atoms with van der Waals surface area (Å²) in [6, 6.07) is 20.1. The lowest BCUT2D eigenvalue weighted by Gasteiger charge is -2.34. The summed E-state index contributed by atoms with van der Waals surface area (Å²) in [6.07, 6.45) is 0. The first-order valence-corrected chi connectivity index (χ1v) is 12.2. The molecule has 0 aromatic heterocycles. The maximum atomic E-state index is 12.6. The van der Waals surface area contributed by atoms with Crippen LogP contribution in [0.4, 0.5) is 0 Å². The van der Waals surface area contributed by atoms with Crippen LogP contribution in [0.15, 0.2) is 60.7 Å². The molecular formula is C28H32N2O8. The molecule has 202 valence electrons. The highest BCUT2D eigenvalue weighted by atomic mass is 16.5. The molecule has 10 nitrogen and oxygen atoms in total. The SMILES string of the molecule is CCOc1cc(CN2CCN(C(=O)COc3ccc4ccccc4c3)CC2)ccc1OC.O=C(O)C(=O)O. The highest BCUT2D eigenvalue weighted by molar-refractivity contribution is 6.27. The zero-order chi connectivity index (χ0) is 27.5. The predicted octanol–water partition coefficient (Wildman–Crippen LogP) is 3.13. The molecule has 38 heavy (non-hydrogen) atoms. The minimum Gasteiger partial charge on any atom is -0.493 e. The number of carboxylic acid groups (broad SMARTS) is 2. The summed E-state index contributed by atoms with van der Waals surface area (Å²) in [4.78, 5) is 35.1. The van der Waals surface area contributed by atoms with Gasteiger partial charge in [-0.2, -0.15) is 0 Å². The lowest BCUT2D eigenvalue weighted by Crippen LogP contribution is -2.49. The zero-order valence-electron chi connectivity index (χ0n) is 21.5. The van der Waals surface area contributed by atoms with Crippen molar-refractivity contribution in [2.75, 3.05) is 46.5 Å². The highest BCUT2D eigenvalue weighted by Gasteiger charge is 2.22. The number of benzene rings is 3. The molecule has 1 saturated heterocycles. The van der Waals surface area contributed by atoms with E-state index < -0.39 is 11.9 Å².